The van der Waals surface area contributed by atoms with Gasteiger partial charge in [-0.3, -0.25) is 0 Å². The standard InChI is InChI=1S/C20H23N3O/c1-24-20-8-4-17(5-9-20)16-2-6-18(7-3-16)22-12-13-23(15-22)19-10-11-21-14-19/h2-9,12-13,19,21H,10-11,14-15H2,1H3/t19-/m0/s1. The molecule has 4 nitrogen and oxygen atoms in total. The fourth-order valence-electron chi connectivity index (χ4n) is 3.39. The second-order valence-electron chi connectivity index (χ2n) is 6.35. The van der Waals surface area contributed by atoms with Crippen LogP contribution in [0, 0.1) is 0 Å². The maximum Gasteiger partial charge on any atom is 0.118 e. The molecule has 124 valence electrons. The number of ether oxygens (including phenoxy) is 1. The van der Waals surface area contributed by atoms with E-state index in [4.69, 9.17) is 4.74 Å². The van der Waals surface area contributed by atoms with Gasteiger partial charge in [0.15, 0.2) is 0 Å². The molecule has 0 radical (unpaired) electrons. The van der Waals surface area contributed by atoms with Gasteiger partial charge in [0, 0.05) is 30.7 Å². The first-order valence-corrected chi connectivity index (χ1v) is 8.49. The van der Waals surface area contributed by atoms with Crippen molar-refractivity contribution in [3.63, 3.8) is 0 Å². The summed E-state index contributed by atoms with van der Waals surface area (Å²) in [6.45, 7) is 3.16. The molecule has 2 aliphatic heterocycles. The van der Waals surface area contributed by atoms with Gasteiger partial charge in [-0.05, 0) is 48.4 Å². The number of benzene rings is 2. The van der Waals surface area contributed by atoms with E-state index in [1.165, 1.54) is 23.2 Å². The van der Waals surface area contributed by atoms with Crippen molar-refractivity contribution in [2.75, 3.05) is 31.8 Å². The number of nitrogens with zero attached hydrogens (tertiary/aromatic N) is 2. The van der Waals surface area contributed by atoms with Gasteiger partial charge < -0.3 is 19.9 Å². The minimum absolute atomic E-state index is 0.629. The zero-order valence-electron chi connectivity index (χ0n) is 14.0. The molecular formula is C20H23N3O. The number of hydrogen-bond acceptors (Lipinski definition) is 4. The molecule has 4 rings (SSSR count). The van der Waals surface area contributed by atoms with Crippen molar-refractivity contribution in [2.45, 2.75) is 12.5 Å². The average Bonchev–Trinajstić information content (AvgIpc) is 3.33. The monoisotopic (exact) mass is 321 g/mol. The Balaban J connectivity index is 1.45. The van der Waals surface area contributed by atoms with Crippen LogP contribution in [0.25, 0.3) is 11.1 Å². The molecule has 0 aliphatic carbocycles. The summed E-state index contributed by atoms with van der Waals surface area (Å²) in [5, 5.41) is 3.43. The number of anilines is 1. The van der Waals surface area contributed by atoms with Gasteiger partial charge in [-0.2, -0.15) is 0 Å². The summed E-state index contributed by atoms with van der Waals surface area (Å²) in [5.41, 5.74) is 3.66. The third-order valence-electron chi connectivity index (χ3n) is 4.88. The summed E-state index contributed by atoms with van der Waals surface area (Å²) in [5.74, 6) is 0.888. The van der Waals surface area contributed by atoms with Gasteiger partial charge in [0.05, 0.1) is 13.8 Å². The van der Waals surface area contributed by atoms with Gasteiger partial charge in [-0.15, -0.1) is 0 Å². The lowest BCUT2D eigenvalue weighted by Crippen LogP contribution is -2.35. The molecule has 1 saturated heterocycles. The molecule has 1 atom stereocenters. The van der Waals surface area contributed by atoms with Crippen molar-refractivity contribution in [3.05, 3.63) is 60.9 Å². The van der Waals surface area contributed by atoms with Gasteiger partial charge in [0.2, 0.25) is 0 Å². The Labute approximate surface area is 143 Å². The van der Waals surface area contributed by atoms with Crippen LogP contribution in [-0.4, -0.2) is 37.8 Å². The molecular weight excluding hydrogens is 298 g/mol. The molecule has 0 amide bonds. The van der Waals surface area contributed by atoms with Crippen LogP contribution in [0.4, 0.5) is 5.69 Å². The van der Waals surface area contributed by atoms with Crippen molar-refractivity contribution in [1.82, 2.24) is 10.2 Å². The van der Waals surface area contributed by atoms with Gasteiger partial charge >= 0.3 is 0 Å². The minimum Gasteiger partial charge on any atom is -0.497 e. The molecule has 1 N–H and O–H groups in total. The summed E-state index contributed by atoms with van der Waals surface area (Å²) in [7, 11) is 1.69. The van der Waals surface area contributed by atoms with Crippen molar-refractivity contribution < 1.29 is 4.74 Å². The van der Waals surface area contributed by atoms with Crippen LogP contribution in [0.15, 0.2) is 60.9 Å². The molecule has 2 aliphatic rings. The highest BCUT2D eigenvalue weighted by atomic mass is 16.5. The molecule has 24 heavy (non-hydrogen) atoms. The predicted octanol–water partition coefficient (Wildman–Crippen LogP) is 3.27. The van der Waals surface area contributed by atoms with Crippen LogP contribution in [-0.2, 0) is 0 Å². The molecule has 0 bridgehead atoms. The Bertz CT molecular complexity index is 703. The number of methoxy groups -OCH3 is 1. The van der Waals surface area contributed by atoms with Crippen molar-refractivity contribution >= 4 is 5.69 Å². The highest BCUT2D eigenvalue weighted by molar-refractivity contribution is 5.67. The highest BCUT2D eigenvalue weighted by Crippen LogP contribution is 2.27. The summed E-state index contributed by atoms with van der Waals surface area (Å²) >= 11 is 0. The van der Waals surface area contributed by atoms with Crippen LogP contribution in [0.1, 0.15) is 6.42 Å². The lowest BCUT2D eigenvalue weighted by atomic mass is 10.1. The van der Waals surface area contributed by atoms with Crippen LogP contribution >= 0.6 is 0 Å². The third-order valence-corrected chi connectivity index (χ3v) is 4.88. The van der Waals surface area contributed by atoms with Crippen LogP contribution in [0.3, 0.4) is 0 Å². The van der Waals surface area contributed by atoms with E-state index in [9.17, 15) is 0 Å². The topological polar surface area (TPSA) is 27.7 Å². The largest absolute Gasteiger partial charge is 0.497 e. The molecule has 4 heteroatoms. The van der Waals surface area contributed by atoms with Gasteiger partial charge in [0.1, 0.15) is 5.75 Å². The van der Waals surface area contributed by atoms with Crippen molar-refractivity contribution in [3.8, 4) is 16.9 Å². The summed E-state index contributed by atoms with van der Waals surface area (Å²) < 4.78 is 5.22. The smallest absolute Gasteiger partial charge is 0.118 e. The first-order valence-electron chi connectivity index (χ1n) is 8.49. The fourth-order valence-corrected chi connectivity index (χ4v) is 3.39. The molecule has 2 aromatic rings. The van der Waals surface area contributed by atoms with Gasteiger partial charge in [-0.1, -0.05) is 24.3 Å². The maximum atomic E-state index is 5.22. The SMILES string of the molecule is COc1ccc(-c2ccc(N3C=CN([C@H]4CCNC4)C3)cc2)cc1. The normalized spacial score (nSPS) is 20.0. The van der Waals surface area contributed by atoms with E-state index in [-0.39, 0.29) is 0 Å². The lowest BCUT2D eigenvalue weighted by Gasteiger charge is -2.26. The Morgan fingerprint density at radius 1 is 0.958 bits per heavy atom. The van der Waals surface area contributed by atoms with E-state index in [0.717, 1.165) is 25.5 Å². The van der Waals surface area contributed by atoms with E-state index >= 15 is 0 Å². The summed E-state index contributed by atoms with van der Waals surface area (Å²) in [6, 6.07) is 17.6. The Kier molecular flexibility index (Phi) is 4.13. The third kappa shape index (κ3) is 2.97. The molecule has 0 saturated carbocycles. The maximum absolute atomic E-state index is 5.22. The number of rotatable bonds is 4. The molecule has 0 aromatic heterocycles. The molecule has 2 aromatic carbocycles. The summed E-state index contributed by atoms with van der Waals surface area (Å²) in [6.07, 6.45) is 5.63. The van der Waals surface area contributed by atoms with Crippen LogP contribution in [0.2, 0.25) is 0 Å². The van der Waals surface area contributed by atoms with E-state index in [0.29, 0.717) is 6.04 Å². The molecule has 1 fully saturated rings. The van der Waals surface area contributed by atoms with Crippen LogP contribution in [0.5, 0.6) is 5.75 Å². The zero-order valence-corrected chi connectivity index (χ0v) is 14.0. The van der Waals surface area contributed by atoms with Crippen molar-refractivity contribution in [2.24, 2.45) is 0 Å². The Hall–Kier alpha value is -2.46. The Morgan fingerprint density at radius 3 is 2.29 bits per heavy atom. The number of nitrogens with one attached hydrogen (secondary N) is 1. The zero-order chi connectivity index (χ0) is 16.4. The molecule has 2 heterocycles. The minimum atomic E-state index is 0.629. The summed E-state index contributed by atoms with van der Waals surface area (Å²) in [4.78, 5) is 4.73. The second kappa shape index (κ2) is 6.57. The van der Waals surface area contributed by atoms with E-state index in [1.807, 2.05) is 12.1 Å². The van der Waals surface area contributed by atoms with E-state index in [2.05, 4.69) is 63.9 Å². The molecule has 0 spiro atoms. The highest BCUT2D eigenvalue weighted by Gasteiger charge is 2.24. The van der Waals surface area contributed by atoms with Gasteiger partial charge in [0.25, 0.3) is 0 Å². The fraction of sp³-hybridized carbons (Fsp3) is 0.300. The van der Waals surface area contributed by atoms with E-state index in [1.54, 1.807) is 7.11 Å². The van der Waals surface area contributed by atoms with Crippen molar-refractivity contribution in [1.29, 1.82) is 0 Å². The first kappa shape index (κ1) is 15.1. The lowest BCUT2D eigenvalue weighted by molar-refractivity contribution is 0.315. The quantitative estimate of drug-likeness (QED) is 0.935. The van der Waals surface area contributed by atoms with Crippen LogP contribution < -0.4 is 15.0 Å². The second-order valence-corrected chi connectivity index (χ2v) is 6.35. The Morgan fingerprint density at radius 2 is 1.67 bits per heavy atom. The van der Waals surface area contributed by atoms with Gasteiger partial charge in [-0.25, -0.2) is 0 Å². The molecule has 0 unspecified atom stereocenters. The average molecular weight is 321 g/mol. The number of hydrogen-bond donors (Lipinski definition) is 1. The van der Waals surface area contributed by atoms with E-state index < -0.39 is 0 Å². The predicted molar refractivity (Wildman–Crippen MR) is 98.0 cm³/mol. The first-order chi connectivity index (χ1) is 11.8.